The van der Waals surface area contributed by atoms with Crippen molar-refractivity contribution in [3.8, 4) is 0 Å². The Bertz CT molecular complexity index is 407. The highest BCUT2D eigenvalue weighted by atomic mass is 32.1. The summed E-state index contributed by atoms with van der Waals surface area (Å²) >= 11 is 1.65. The molecule has 16 heavy (non-hydrogen) atoms. The Labute approximate surface area is 101 Å². The van der Waals surface area contributed by atoms with Crippen LogP contribution in [0, 0.1) is 24.7 Å². The number of rotatable bonds is 3. The predicted molar refractivity (Wildman–Crippen MR) is 66.9 cm³/mol. The summed E-state index contributed by atoms with van der Waals surface area (Å²) in [5.74, 6) is 2.91. The van der Waals surface area contributed by atoms with Gasteiger partial charge in [-0.15, -0.1) is 11.3 Å². The maximum atomic E-state index is 12.1. The van der Waals surface area contributed by atoms with E-state index < -0.39 is 0 Å². The van der Waals surface area contributed by atoms with Gasteiger partial charge in [0.05, 0.1) is 4.88 Å². The average molecular weight is 234 g/mol. The van der Waals surface area contributed by atoms with Gasteiger partial charge in [0, 0.05) is 11.3 Å². The second kappa shape index (κ2) is 3.99. The number of aryl methyl sites for hydroxylation is 1. The number of ketones is 1. The van der Waals surface area contributed by atoms with Crippen molar-refractivity contribution >= 4 is 17.1 Å². The summed E-state index contributed by atoms with van der Waals surface area (Å²) in [5, 5.41) is 0. The van der Waals surface area contributed by atoms with E-state index in [0.717, 1.165) is 23.1 Å². The molecule has 3 atom stereocenters. The third kappa shape index (κ3) is 1.84. The molecule has 1 aromatic rings. The number of thiophene rings is 1. The fourth-order valence-electron chi connectivity index (χ4n) is 3.55. The monoisotopic (exact) mass is 234 g/mol. The molecule has 0 saturated heterocycles. The molecule has 1 nitrogen and oxygen atoms in total. The fraction of sp³-hybridized carbons (Fsp3) is 0.643. The third-order valence-electron chi connectivity index (χ3n) is 4.35. The predicted octanol–water partition coefficient (Wildman–Crippen LogP) is 4.07. The van der Waals surface area contributed by atoms with E-state index in [1.807, 2.05) is 6.07 Å². The number of hydrogen-bond donors (Lipinski definition) is 0. The molecule has 0 radical (unpaired) electrons. The molecule has 0 N–H and O–H groups in total. The first-order valence-corrected chi connectivity index (χ1v) is 7.13. The second-order valence-electron chi connectivity index (χ2n) is 5.47. The molecule has 0 spiro atoms. The van der Waals surface area contributed by atoms with E-state index in [0.29, 0.717) is 11.7 Å². The standard InChI is InChI=1S/C14H18OS/c1-9-2-5-14(16-9)13(15)8-12-7-10-3-4-11(12)6-10/h2,5,10-12H,3-4,6-8H2,1H3. The minimum Gasteiger partial charge on any atom is -0.293 e. The molecule has 86 valence electrons. The summed E-state index contributed by atoms with van der Waals surface area (Å²) in [7, 11) is 0. The quantitative estimate of drug-likeness (QED) is 0.721. The number of fused-ring (bicyclic) bond motifs is 2. The number of carbonyl (C=O) groups is 1. The van der Waals surface area contributed by atoms with E-state index in [1.165, 1.54) is 30.6 Å². The molecule has 1 aromatic heterocycles. The van der Waals surface area contributed by atoms with Gasteiger partial charge in [0.2, 0.25) is 0 Å². The molecule has 0 aliphatic heterocycles. The minimum absolute atomic E-state index is 0.385. The average Bonchev–Trinajstić information content (AvgIpc) is 2.92. The zero-order chi connectivity index (χ0) is 11.1. The zero-order valence-corrected chi connectivity index (χ0v) is 10.6. The summed E-state index contributed by atoms with van der Waals surface area (Å²) in [4.78, 5) is 14.3. The van der Waals surface area contributed by atoms with Crippen LogP contribution in [0.1, 0.15) is 46.7 Å². The fourth-order valence-corrected chi connectivity index (χ4v) is 4.37. The highest BCUT2D eigenvalue weighted by Gasteiger charge is 2.40. The molecule has 3 rings (SSSR count). The van der Waals surface area contributed by atoms with Crippen LogP contribution < -0.4 is 0 Å². The van der Waals surface area contributed by atoms with E-state index in [-0.39, 0.29) is 0 Å². The van der Waals surface area contributed by atoms with E-state index in [4.69, 9.17) is 0 Å². The number of Topliss-reactive ketones (excluding diaryl/α,β-unsaturated/α-hetero) is 1. The molecular formula is C14H18OS. The Kier molecular flexibility index (Phi) is 2.62. The van der Waals surface area contributed by atoms with Crippen molar-refractivity contribution in [2.45, 2.75) is 39.0 Å². The van der Waals surface area contributed by atoms with Gasteiger partial charge in [0.25, 0.3) is 0 Å². The van der Waals surface area contributed by atoms with Crippen LogP contribution in [0.15, 0.2) is 12.1 Å². The van der Waals surface area contributed by atoms with E-state index in [2.05, 4.69) is 13.0 Å². The molecular weight excluding hydrogens is 216 g/mol. The third-order valence-corrected chi connectivity index (χ3v) is 5.39. The van der Waals surface area contributed by atoms with Gasteiger partial charge in [0.15, 0.2) is 5.78 Å². The normalized spacial score (nSPS) is 32.2. The SMILES string of the molecule is Cc1ccc(C(=O)CC2CC3CCC2C3)s1. The Morgan fingerprint density at radius 1 is 1.38 bits per heavy atom. The molecule has 2 aliphatic carbocycles. The Hall–Kier alpha value is -0.630. The Balaban J connectivity index is 1.65. The van der Waals surface area contributed by atoms with Crippen LogP contribution in [0.3, 0.4) is 0 Å². The lowest BCUT2D eigenvalue weighted by molar-refractivity contribution is 0.0948. The molecule has 2 heteroatoms. The van der Waals surface area contributed by atoms with Crippen LogP contribution in [-0.4, -0.2) is 5.78 Å². The van der Waals surface area contributed by atoms with Crippen molar-refractivity contribution in [2.24, 2.45) is 17.8 Å². The van der Waals surface area contributed by atoms with Crippen LogP contribution >= 0.6 is 11.3 Å². The summed E-state index contributed by atoms with van der Waals surface area (Å²) in [5.41, 5.74) is 0. The van der Waals surface area contributed by atoms with Gasteiger partial charge in [-0.1, -0.05) is 6.42 Å². The number of hydrogen-bond acceptors (Lipinski definition) is 2. The van der Waals surface area contributed by atoms with Crippen LogP contribution in [0.4, 0.5) is 0 Å². The van der Waals surface area contributed by atoms with Gasteiger partial charge in [-0.25, -0.2) is 0 Å². The molecule has 2 fully saturated rings. The second-order valence-corrected chi connectivity index (χ2v) is 6.76. The lowest BCUT2D eigenvalue weighted by Gasteiger charge is -2.20. The summed E-state index contributed by atoms with van der Waals surface area (Å²) in [6, 6.07) is 4.05. The van der Waals surface area contributed by atoms with Crippen LogP contribution in [0.25, 0.3) is 0 Å². The van der Waals surface area contributed by atoms with Crippen molar-refractivity contribution in [3.63, 3.8) is 0 Å². The van der Waals surface area contributed by atoms with Gasteiger partial charge in [-0.3, -0.25) is 4.79 Å². The van der Waals surface area contributed by atoms with Crippen LogP contribution in [0.2, 0.25) is 0 Å². The van der Waals surface area contributed by atoms with Gasteiger partial charge in [-0.2, -0.15) is 0 Å². The van der Waals surface area contributed by atoms with Crippen LogP contribution in [0.5, 0.6) is 0 Å². The molecule has 2 aliphatic rings. The largest absolute Gasteiger partial charge is 0.293 e. The summed E-state index contributed by atoms with van der Waals surface area (Å²) < 4.78 is 0. The topological polar surface area (TPSA) is 17.1 Å². The number of carbonyl (C=O) groups excluding carboxylic acids is 1. The van der Waals surface area contributed by atoms with Crippen LogP contribution in [-0.2, 0) is 0 Å². The van der Waals surface area contributed by atoms with E-state index in [1.54, 1.807) is 11.3 Å². The highest BCUT2D eigenvalue weighted by Crippen LogP contribution is 2.49. The highest BCUT2D eigenvalue weighted by molar-refractivity contribution is 7.14. The first-order chi connectivity index (χ1) is 7.72. The molecule has 3 unspecified atom stereocenters. The van der Waals surface area contributed by atoms with Crippen molar-refractivity contribution in [3.05, 3.63) is 21.9 Å². The van der Waals surface area contributed by atoms with Crippen molar-refractivity contribution in [2.75, 3.05) is 0 Å². The maximum absolute atomic E-state index is 12.1. The van der Waals surface area contributed by atoms with Crippen molar-refractivity contribution < 1.29 is 4.79 Å². The van der Waals surface area contributed by atoms with Gasteiger partial charge in [-0.05, 0) is 56.1 Å². The Morgan fingerprint density at radius 3 is 2.81 bits per heavy atom. The van der Waals surface area contributed by atoms with Gasteiger partial charge < -0.3 is 0 Å². The minimum atomic E-state index is 0.385. The molecule has 1 heterocycles. The maximum Gasteiger partial charge on any atom is 0.173 e. The Morgan fingerprint density at radius 2 is 2.25 bits per heavy atom. The van der Waals surface area contributed by atoms with E-state index in [9.17, 15) is 4.79 Å². The van der Waals surface area contributed by atoms with Gasteiger partial charge in [0.1, 0.15) is 0 Å². The smallest absolute Gasteiger partial charge is 0.173 e. The summed E-state index contributed by atoms with van der Waals surface area (Å²) in [6.07, 6.45) is 6.34. The molecule has 2 saturated carbocycles. The summed E-state index contributed by atoms with van der Waals surface area (Å²) in [6.45, 7) is 2.07. The molecule has 2 bridgehead atoms. The first kappa shape index (κ1) is 10.5. The van der Waals surface area contributed by atoms with Crippen molar-refractivity contribution in [1.29, 1.82) is 0 Å². The van der Waals surface area contributed by atoms with Gasteiger partial charge >= 0.3 is 0 Å². The van der Waals surface area contributed by atoms with Crippen molar-refractivity contribution in [1.82, 2.24) is 0 Å². The zero-order valence-electron chi connectivity index (χ0n) is 9.74. The lowest BCUT2D eigenvalue weighted by Crippen LogP contribution is -2.14. The first-order valence-electron chi connectivity index (χ1n) is 6.32. The molecule has 0 aromatic carbocycles. The van der Waals surface area contributed by atoms with E-state index >= 15 is 0 Å². The molecule has 0 amide bonds. The lowest BCUT2D eigenvalue weighted by atomic mass is 9.85.